The van der Waals surface area contributed by atoms with Crippen molar-refractivity contribution in [2.75, 3.05) is 13.1 Å². The van der Waals surface area contributed by atoms with E-state index in [9.17, 15) is 13.6 Å². The van der Waals surface area contributed by atoms with Gasteiger partial charge in [-0.1, -0.05) is 0 Å². The minimum absolute atomic E-state index is 0.109. The van der Waals surface area contributed by atoms with Crippen LogP contribution in [0.4, 0.5) is 13.6 Å². The number of hydrogen-bond donors (Lipinski definition) is 0. The molecule has 1 atom stereocenters. The van der Waals surface area contributed by atoms with E-state index in [0.717, 1.165) is 4.90 Å². The number of amides is 1. The topological polar surface area (TPSA) is 20.3 Å². The van der Waals surface area contributed by atoms with Gasteiger partial charge in [0.1, 0.15) is 5.67 Å². The number of likely N-dealkylation sites (tertiary alicyclic amines) is 1. The lowest BCUT2D eigenvalue weighted by Gasteiger charge is -2.12. The van der Waals surface area contributed by atoms with Crippen LogP contribution in [0.5, 0.6) is 0 Å². The molecule has 1 amide bonds. The summed E-state index contributed by atoms with van der Waals surface area (Å²) in [6.45, 7) is 1.46. The summed E-state index contributed by atoms with van der Waals surface area (Å²) in [4.78, 5) is 10.9. The fourth-order valence-corrected chi connectivity index (χ4v) is 1.07. The van der Waals surface area contributed by atoms with Gasteiger partial charge in [-0.05, 0) is 6.92 Å². The molecule has 0 spiro atoms. The number of carbonyl (C=O) groups excluding carboxylic acids is 1. The zero-order chi connectivity index (χ0) is 7.78. The molecule has 1 aliphatic heterocycles. The Labute approximate surface area is 57.8 Å². The van der Waals surface area contributed by atoms with Gasteiger partial charge in [0.2, 0.25) is 0 Å². The highest BCUT2D eigenvalue weighted by Crippen LogP contribution is 2.24. The summed E-state index contributed by atoms with van der Waals surface area (Å²) in [7, 11) is 0. The summed E-state index contributed by atoms with van der Waals surface area (Å²) in [5.41, 5.74) is -1.39. The van der Waals surface area contributed by atoms with E-state index in [1.54, 1.807) is 0 Å². The third-order valence-corrected chi connectivity index (χ3v) is 1.67. The highest BCUT2D eigenvalue weighted by atomic mass is 19.1. The maximum atomic E-state index is 12.9. The van der Waals surface area contributed by atoms with Crippen molar-refractivity contribution in [2.45, 2.75) is 19.0 Å². The summed E-state index contributed by atoms with van der Waals surface area (Å²) in [6.07, 6.45) is -1.29. The molecule has 0 aliphatic carbocycles. The first-order valence-corrected chi connectivity index (χ1v) is 3.15. The largest absolute Gasteiger partial charge is 0.400 e. The van der Waals surface area contributed by atoms with Gasteiger partial charge < -0.3 is 4.90 Å². The number of nitrogens with zero attached hydrogens (tertiary/aromatic N) is 1. The molecule has 1 unspecified atom stereocenters. The van der Waals surface area contributed by atoms with E-state index >= 15 is 0 Å². The molecule has 10 heavy (non-hydrogen) atoms. The standard InChI is InChI=1S/C6H9F2NO/c1-6(8)2-3-9(4-6)5(7)10/h2-4H2,1H3. The van der Waals surface area contributed by atoms with Gasteiger partial charge >= 0.3 is 6.16 Å². The third kappa shape index (κ3) is 1.43. The highest BCUT2D eigenvalue weighted by molar-refractivity contribution is 5.66. The van der Waals surface area contributed by atoms with Crippen LogP contribution in [-0.4, -0.2) is 29.8 Å². The Morgan fingerprint density at radius 2 is 2.30 bits per heavy atom. The Morgan fingerprint density at radius 3 is 2.50 bits per heavy atom. The summed E-state index contributed by atoms with van der Waals surface area (Å²) in [5.74, 6) is 0. The second-order valence-electron chi connectivity index (χ2n) is 2.84. The van der Waals surface area contributed by atoms with E-state index in [1.165, 1.54) is 6.92 Å². The minimum Gasteiger partial charge on any atom is -0.311 e. The normalized spacial score (nSPS) is 32.9. The SMILES string of the molecule is CC1(F)CCN(C(=O)F)C1. The maximum absolute atomic E-state index is 12.9. The Morgan fingerprint density at radius 1 is 1.70 bits per heavy atom. The molecule has 0 radical (unpaired) electrons. The van der Waals surface area contributed by atoms with Gasteiger partial charge in [0.25, 0.3) is 0 Å². The Balaban J connectivity index is 2.51. The quantitative estimate of drug-likeness (QED) is 0.377. The van der Waals surface area contributed by atoms with Crippen LogP contribution in [-0.2, 0) is 0 Å². The third-order valence-electron chi connectivity index (χ3n) is 1.67. The predicted octanol–water partition coefficient (Wildman–Crippen LogP) is 1.51. The van der Waals surface area contributed by atoms with E-state index in [-0.39, 0.29) is 19.5 Å². The molecule has 1 heterocycles. The van der Waals surface area contributed by atoms with Crippen LogP contribution in [0.15, 0.2) is 0 Å². The number of alkyl halides is 1. The second kappa shape index (κ2) is 2.18. The summed E-state index contributed by atoms with van der Waals surface area (Å²) >= 11 is 0. The smallest absolute Gasteiger partial charge is 0.311 e. The average molecular weight is 149 g/mol. The van der Waals surface area contributed by atoms with Gasteiger partial charge in [-0.25, -0.2) is 9.18 Å². The molecule has 0 aromatic heterocycles. The molecule has 0 saturated carbocycles. The minimum atomic E-state index is -1.53. The van der Waals surface area contributed by atoms with E-state index in [0.29, 0.717) is 0 Å². The van der Waals surface area contributed by atoms with Gasteiger partial charge in [0.05, 0.1) is 6.54 Å². The molecule has 0 aromatic rings. The van der Waals surface area contributed by atoms with Crippen molar-refractivity contribution in [3.05, 3.63) is 0 Å². The van der Waals surface area contributed by atoms with Gasteiger partial charge in [0, 0.05) is 13.0 Å². The van der Waals surface area contributed by atoms with Crippen LogP contribution in [0.25, 0.3) is 0 Å². The molecule has 1 aliphatic rings. The molecule has 1 saturated heterocycles. The van der Waals surface area contributed by atoms with Crippen LogP contribution in [0.3, 0.4) is 0 Å². The lowest BCUT2D eigenvalue weighted by molar-refractivity contribution is 0.163. The van der Waals surface area contributed by atoms with Crippen molar-refractivity contribution < 1.29 is 13.6 Å². The van der Waals surface area contributed by atoms with Crippen LogP contribution in [0.1, 0.15) is 13.3 Å². The first-order valence-electron chi connectivity index (χ1n) is 3.15. The van der Waals surface area contributed by atoms with E-state index in [4.69, 9.17) is 0 Å². The zero-order valence-corrected chi connectivity index (χ0v) is 5.73. The van der Waals surface area contributed by atoms with Gasteiger partial charge in [-0.15, -0.1) is 4.39 Å². The van der Waals surface area contributed by atoms with Crippen LogP contribution in [0.2, 0.25) is 0 Å². The number of rotatable bonds is 0. The van der Waals surface area contributed by atoms with Crippen molar-refractivity contribution in [3.63, 3.8) is 0 Å². The van der Waals surface area contributed by atoms with Crippen molar-refractivity contribution >= 4 is 6.16 Å². The number of hydrogen-bond acceptors (Lipinski definition) is 1. The van der Waals surface area contributed by atoms with Crippen molar-refractivity contribution in [3.8, 4) is 0 Å². The van der Waals surface area contributed by atoms with E-state index < -0.39 is 11.8 Å². The zero-order valence-electron chi connectivity index (χ0n) is 5.73. The first-order chi connectivity index (χ1) is 4.51. The van der Waals surface area contributed by atoms with Crippen LogP contribution >= 0.6 is 0 Å². The van der Waals surface area contributed by atoms with E-state index in [2.05, 4.69) is 0 Å². The fourth-order valence-electron chi connectivity index (χ4n) is 1.07. The second-order valence-corrected chi connectivity index (χ2v) is 2.84. The highest BCUT2D eigenvalue weighted by Gasteiger charge is 2.35. The molecule has 1 rings (SSSR count). The summed E-state index contributed by atoms with van der Waals surface area (Å²) < 4.78 is 24.7. The molecule has 58 valence electrons. The molecular weight excluding hydrogens is 140 g/mol. The number of halogens is 2. The monoisotopic (exact) mass is 149 g/mol. The molecule has 1 fully saturated rings. The van der Waals surface area contributed by atoms with Crippen molar-refractivity contribution in [1.82, 2.24) is 4.90 Å². The maximum Gasteiger partial charge on any atom is 0.400 e. The average Bonchev–Trinajstić information content (AvgIpc) is 2.10. The molecular formula is C6H9F2NO. The van der Waals surface area contributed by atoms with Crippen molar-refractivity contribution in [1.29, 1.82) is 0 Å². The molecule has 0 bridgehead atoms. The van der Waals surface area contributed by atoms with Gasteiger partial charge in [-0.2, -0.15) is 0 Å². The van der Waals surface area contributed by atoms with Gasteiger partial charge in [-0.3, -0.25) is 0 Å². The Bertz CT molecular complexity index is 158. The number of carbonyl (C=O) groups is 1. The molecule has 4 heteroatoms. The molecule has 2 nitrogen and oxygen atoms in total. The molecule has 0 aromatic carbocycles. The summed E-state index contributed by atoms with van der Waals surface area (Å²) in [5, 5.41) is 0. The van der Waals surface area contributed by atoms with Crippen molar-refractivity contribution in [2.24, 2.45) is 0 Å². The summed E-state index contributed by atoms with van der Waals surface area (Å²) in [6, 6.07) is 0. The van der Waals surface area contributed by atoms with E-state index in [1.807, 2.05) is 0 Å². The lowest BCUT2D eigenvalue weighted by atomic mass is 10.1. The van der Waals surface area contributed by atoms with Gasteiger partial charge in [0.15, 0.2) is 0 Å². The first kappa shape index (κ1) is 7.44. The fraction of sp³-hybridized carbons (Fsp3) is 0.833. The van der Waals surface area contributed by atoms with Crippen LogP contribution < -0.4 is 0 Å². The lowest BCUT2D eigenvalue weighted by Crippen LogP contribution is -2.28. The predicted molar refractivity (Wildman–Crippen MR) is 32.2 cm³/mol. The Hall–Kier alpha value is -0.670. The molecule has 0 N–H and O–H groups in total. The van der Waals surface area contributed by atoms with Crippen LogP contribution in [0, 0.1) is 0 Å². The Kier molecular flexibility index (Phi) is 1.62.